The van der Waals surface area contributed by atoms with Gasteiger partial charge in [0.2, 0.25) is 0 Å². The molecule has 0 N–H and O–H groups in total. The molecule has 0 fully saturated rings. The van der Waals surface area contributed by atoms with Crippen LogP contribution in [0, 0.1) is 0 Å². The topological polar surface area (TPSA) is 12.5 Å². The summed E-state index contributed by atoms with van der Waals surface area (Å²) in [6.07, 6.45) is 6.64. The van der Waals surface area contributed by atoms with E-state index in [9.17, 15) is 0 Å². The Bertz CT molecular complexity index is 1560. The number of hydrogen-bond donors (Lipinski definition) is 0. The zero-order valence-corrected chi connectivity index (χ0v) is 19.8. The second-order valence-electron chi connectivity index (χ2n) is 9.30. The molecule has 5 aromatic carbocycles. The molecule has 2 aliphatic rings. The second-order valence-corrected chi connectivity index (χ2v) is 9.30. The van der Waals surface area contributed by atoms with Crippen molar-refractivity contribution in [3.05, 3.63) is 151 Å². The lowest BCUT2D eigenvalue weighted by Gasteiger charge is -2.27. The van der Waals surface area contributed by atoms with E-state index < -0.39 is 0 Å². The van der Waals surface area contributed by atoms with Crippen LogP contribution in [0.3, 0.4) is 0 Å². The van der Waals surface area contributed by atoms with Crippen LogP contribution in [0.25, 0.3) is 16.3 Å². The van der Waals surface area contributed by atoms with Gasteiger partial charge in [0.05, 0.1) is 5.69 Å². The first-order valence-corrected chi connectivity index (χ1v) is 12.4. The lowest BCUT2D eigenvalue weighted by Crippen LogP contribution is -2.21. The Balaban J connectivity index is 1.44. The summed E-state index contributed by atoms with van der Waals surface area (Å²) in [5.41, 5.74) is 7.11. The lowest BCUT2D eigenvalue weighted by atomic mass is 9.83. The van der Waals surface area contributed by atoms with Gasteiger partial charge in [0.1, 0.15) is 11.9 Å². The molecule has 0 radical (unpaired) electrons. The van der Waals surface area contributed by atoms with Gasteiger partial charge >= 0.3 is 0 Å². The number of benzene rings is 5. The Morgan fingerprint density at radius 1 is 0.611 bits per heavy atom. The monoisotopic (exact) mass is 463 g/mol. The van der Waals surface area contributed by atoms with E-state index in [0.29, 0.717) is 0 Å². The van der Waals surface area contributed by atoms with Gasteiger partial charge in [0, 0.05) is 39.2 Å². The van der Waals surface area contributed by atoms with Gasteiger partial charge in [-0.2, -0.15) is 0 Å². The summed E-state index contributed by atoms with van der Waals surface area (Å²) in [6.45, 7) is 0. The van der Waals surface area contributed by atoms with Crippen molar-refractivity contribution in [2.24, 2.45) is 0 Å². The van der Waals surface area contributed by atoms with Crippen molar-refractivity contribution >= 4 is 33.4 Å². The van der Waals surface area contributed by atoms with Crippen molar-refractivity contribution in [2.45, 2.75) is 12.0 Å². The Hall–Kier alpha value is -4.56. The fourth-order valence-corrected chi connectivity index (χ4v) is 5.59. The van der Waals surface area contributed by atoms with E-state index in [0.717, 1.165) is 28.2 Å². The summed E-state index contributed by atoms with van der Waals surface area (Å²) in [4.78, 5) is 2.36. The van der Waals surface area contributed by atoms with E-state index in [-0.39, 0.29) is 12.0 Å². The smallest absolute Gasteiger partial charge is 0.135 e. The molecule has 36 heavy (non-hydrogen) atoms. The molecule has 0 saturated carbocycles. The van der Waals surface area contributed by atoms with Crippen LogP contribution < -0.4 is 9.64 Å². The second kappa shape index (κ2) is 8.58. The van der Waals surface area contributed by atoms with Gasteiger partial charge in [-0.1, -0.05) is 109 Å². The van der Waals surface area contributed by atoms with Crippen molar-refractivity contribution in [2.75, 3.05) is 4.90 Å². The van der Waals surface area contributed by atoms with Crippen molar-refractivity contribution < 1.29 is 4.74 Å². The Morgan fingerprint density at radius 2 is 1.19 bits per heavy atom. The highest BCUT2D eigenvalue weighted by Crippen LogP contribution is 2.52. The average Bonchev–Trinajstić information content (AvgIpc) is 3.34. The molecule has 5 aromatic rings. The Labute approximate surface area is 211 Å². The maximum Gasteiger partial charge on any atom is 0.135 e. The van der Waals surface area contributed by atoms with Crippen LogP contribution >= 0.6 is 0 Å². The quantitative estimate of drug-likeness (QED) is 0.264. The van der Waals surface area contributed by atoms with Gasteiger partial charge in [0.25, 0.3) is 0 Å². The molecular formula is C34H25NO. The summed E-state index contributed by atoms with van der Waals surface area (Å²) >= 11 is 0. The number of anilines is 3. The fraction of sp³-hybridized carbons (Fsp3) is 0.0588. The zero-order valence-electron chi connectivity index (χ0n) is 19.8. The van der Waals surface area contributed by atoms with Gasteiger partial charge in [-0.05, 0) is 35.9 Å². The average molecular weight is 464 g/mol. The van der Waals surface area contributed by atoms with Crippen LogP contribution in [0.2, 0.25) is 0 Å². The molecule has 1 heterocycles. The Kier molecular flexibility index (Phi) is 4.96. The highest BCUT2D eigenvalue weighted by molar-refractivity contribution is 6.03. The van der Waals surface area contributed by atoms with Gasteiger partial charge in [0.15, 0.2) is 0 Å². The van der Waals surface area contributed by atoms with Gasteiger partial charge in [-0.15, -0.1) is 0 Å². The summed E-state index contributed by atoms with van der Waals surface area (Å²) in [7, 11) is 0. The predicted molar refractivity (Wildman–Crippen MR) is 149 cm³/mol. The molecule has 7 rings (SSSR count). The molecule has 1 aliphatic heterocycles. The summed E-state index contributed by atoms with van der Waals surface area (Å²) < 4.78 is 6.80. The summed E-state index contributed by atoms with van der Waals surface area (Å²) in [5, 5.41) is 2.33. The van der Waals surface area contributed by atoms with Crippen LogP contribution in [0.15, 0.2) is 140 Å². The Morgan fingerprint density at radius 3 is 1.86 bits per heavy atom. The summed E-state index contributed by atoms with van der Waals surface area (Å²) in [6, 6.07) is 42.8. The molecule has 172 valence electrons. The molecule has 1 aliphatic carbocycles. The van der Waals surface area contributed by atoms with E-state index in [1.807, 2.05) is 0 Å². The maximum absolute atomic E-state index is 6.80. The first-order valence-electron chi connectivity index (χ1n) is 12.4. The highest BCUT2D eigenvalue weighted by Gasteiger charge is 2.39. The van der Waals surface area contributed by atoms with Crippen molar-refractivity contribution in [1.82, 2.24) is 0 Å². The minimum absolute atomic E-state index is 0.0343. The van der Waals surface area contributed by atoms with Crippen LogP contribution in [0.4, 0.5) is 17.1 Å². The number of rotatable bonds is 4. The van der Waals surface area contributed by atoms with E-state index in [4.69, 9.17) is 4.74 Å². The normalized spacial score (nSPS) is 17.7. The SMILES string of the molecule is C1=CC2c3cc(N(c4ccccc4)c4ccccc4)c4ccccc4c3OC2C(c2ccccc2)=C1. The molecule has 0 aromatic heterocycles. The first-order chi connectivity index (χ1) is 17.9. The van der Waals surface area contributed by atoms with Crippen molar-refractivity contribution in [1.29, 1.82) is 0 Å². The highest BCUT2D eigenvalue weighted by atomic mass is 16.5. The third kappa shape index (κ3) is 3.34. The molecule has 2 unspecified atom stereocenters. The number of allylic oxidation sites excluding steroid dienone is 2. The molecule has 0 bridgehead atoms. The number of hydrogen-bond acceptors (Lipinski definition) is 2. The van der Waals surface area contributed by atoms with Gasteiger partial charge in [-0.25, -0.2) is 0 Å². The number of nitrogens with zero attached hydrogens (tertiary/aromatic N) is 1. The van der Waals surface area contributed by atoms with E-state index in [2.05, 4.69) is 144 Å². The molecule has 2 nitrogen and oxygen atoms in total. The third-order valence-electron chi connectivity index (χ3n) is 7.21. The predicted octanol–water partition coefficient (Wildman–Crippen LogP) is 8.81. The van der Waals surface area contributed by atoms with Crippen LogP contribution in [0.5, 0.6) is 5.75 Å². The number of ether oxygens (including phenoxy) is 1. The molecule has 0 spiro atoms. The van der Waals surface area contributed by atoms with E-state index in [1.54, 1.807) is 0 Å². The van der Waals surface area contributed by atoms with Crippen LogP contribution in [-0.4, -0.2) is 6.10 Å². The van der Waals surface area contributed by atoms with Crippen LogP contribution in [-0.2, 0) is 0 Å². The number of fused-ring (bicyclic) bond motifs is 5. The van der Waals surface area contributed by atoms with E-state index >= 15 is 0 Å². The van der Waals surface area contributed by atoms with Gasteiger partial charge in [-0.3, -0.25) is 0 Å². The van der Waals surface area contributed by atoms with E-state index in [1.165, 1.54) is 22.1 Å². The van der Waals surface area contributed by atoms with Crippen molar-refractivity contribution in [3.63, 3.8) is 0 Å². The first kappa shape index (κ1) is 20.8. The standard InChI is InChI=1S/C34H25NO/c1-4-13-24(14-5-1)27-21-12-22-30-31-23-32(28-19-10-11-20-29(28)34(31)36-33(27)30)35(25-15-6-2-7-16-25)26-17-8-3-9-18-26/h1-23,30,33H. The third-order valence-corrected chi connectivity index (χ3v) is 7.21. The minimum atomic E-state index is -0.0343. The molecular weight excluding hydrogens is 438 g/mol. The van der Waals surface area contributed by atoms with Crippen LogP contribution in [0.1, 0.15) is 17.0 Å². The molecule has 0 amide bonds. The number of para-hydroxylation sites is 2. The molecule has 2 atom stereocenters. The lowest BCUT2D eigenvalue weighted by molar-refractivity contribution is 0.281. The fourth-order valence-electron chi connectivity index (χ4n) is 5.59. The van der Waals surface area contributed by atoms with Crippen molar-refractivity contribution in [3.8, 4) is 5.75 Å². The maximum atomic E-state index is 6.80. The molecule has 0 saturated heterocycles. The minimum Gasteiger partial charge on any atom is -0.484 e. The largest absolute Gasteiger partial charge is 0.484 e. The molecule has 2 heteroatoms. The zero-order chi connectivity index (χ0) is 23.9. The summed E-state index contributed by atoms with van der Waals surface area (Å²) in [5.74, 6) is 1.16. The van der Waals surface area contributed by atoms with Gasteiger partial charge < -0.3 is 9.64 Å².